The maximum atomic E-state index is 15.4. The van der Waals surface area contributed by atoms with Crippen molar-refractivity contribution in [2.24, 2.45) is 0 Å². The van der Waals surface area contributed by atoms with Gasteiger partial charge >= 0.3 is 0 Å². The van der Waals surface area contributed by atoms with Gasteiger partial charge in [-0.15, -0.1) is 0 Å². The van der Waals surface area contributed by atoms with Crippen LogP contribution in [0.5, 0.6) is 23.0 Å². The Morgan fingerprint density at radius 1 is 0.475 bits per heavy atom. The molecule has 0 N–H and O–H groups in total. The van der Waals surface area contributed by atoms with E-state index in [0.717, 1.165) is 124 Å². The second-order valence-corrected chi connectivity index (χ2v) is 16.4. The van der Waals surface area contributed by atoms with Crippen LogP contribution in [0.15, 0.2) is 170 Å². The summed E-state index contributed by atoms with van der Waals surface area (Å²) in [4.78, 5) is 0. The molecule has 3 aliphatic rings. The van der Waals surface area contributed by atoms with Crippen molar-refractivity contribution in [3.8, 4) is 40.1 Å². The largest absolute Gasteiger partial charge is 0.458 e. The van der Waals surface area contributed by atoms with E-state index in [0.29, 0.717) is 0 Å². The van der Waals surface area contributed by atoms with Crippen LogP contribution < -0.4 is 25.9 Å². The molecule has 0 radical (unpaired) electrons. The lowest BCUT2D eigenvalue weighted by Gasteiger charge is -2.33. The van der Waals surface area contributed by atoms with Gasteiger partial charge in [0, 0.05) is 61.6 Å². The number of nitrogens with zero attached hydrogens (tertiary/aromatic N) is 3. The smallest absolute Gasteiger partial charge is 0.260 e. The lowest BCUT2D eigenvalue weighted by atomic mass is 9.35. The van der Waals surface area contributed by atoms with Crippen LogP contribution in [-0.4, -0.2) is 20.4 Å². The molecule has 0 unspecified atom stereocenters. The zero-order chi connectivity index (χ0) is 39.9. The summed E-state index contributed by atoms with van der Waals surface area (Å²) in [6, 6.07) is 56.3. The number of hydrogen-bond acceptors (Lipinski definition) is 2. The number of hydrogen-bond donors (Lipinski definition) is 0. The van der Waals surface area contributed by atoms with Crippen molar-refractivity contribution in [1.82, 2.24) is 13.7 Å². The fourth-order valence-corrected chi connectivity index (χ4v) is 10.9. The summed E-state index contributed by atoms with van der Waals surface area (Å²) in [6.45, 7) is -0.0266. The quantitative estimate of drug-likeness (QED) is 0.167. The highest BCUT2D eigenvalue weighted by Crippen LogP contribution is 2.51. The molecule has 1 aliphatic carbocycles. The zero-order valence-electron chi connectivity index (χ0n) is 32.8. The minimum atomic E-state index is -0.272. The Kier molecular flexibility index (Phi) is 6.59. The van der Waals surface area contributed by atoms with Gasteiger partial charge in [-0.2, -0.15) is 0 Å². The first-order valence-corrected chi connectivity index (χ1v) is 21.0. The van der Waals surface area contributed by atoms with Crippen molar-refractivity contribution < 1.29 is 13.9 Å². The lowest BCUT2D eigenvalue weighted by Crippen LogP contribution is -2.57. The van der Waals surface area contributed by atoms with Crippen molar-refractivity contribution in [1.29, 1.82) is 0 Å². The predicted molar refractivity (Wildman–Crippen MR) is 247 cm³/mol. The Hall–Kier alpha value is -7.77. The van der Waals surface area contributed by atoms with Crippen LogP contribution in [0.1, 0.15) is 17.7 Å². The molecule has 0 bridgehead atoms. The summed E-state index contributed by atoms with van der Waals surface area (Å²) in [5, 5.41) is 5.74. The van der Waals surface area contributed by atoms with Crippen LogP contribution in [0.25, 0.3) is 77.7 Å². The molecule has 0 spiro atoms. The van der Waals surface area contributed by atoms with Crippen LogP contribution in [-0.2, 0) is 6.42 Å². The molecule has 7 heteroatoms. The van der Waals surface area contributed by atoms with E-state index >= 15 is 4.39 Å². The van der Waals surface area contributed by atoms with Crippen molar-refractivity contribution in [3.05, 3.63) is 187 Å². The molecule has 286 valence electrons. The number of benzene rings is 8. The number of aromatic nitrogens is 3. The molecular formula is C54H33BFN3O2. The standard InChI is InChI=1S/C54H33BFN3O2/c56-32-15-14-18-34(29-32)58-42-25-10-5-20-37(42)48-52-49(36-19-4-9-24-41(36)57(52)33-16-2-1-3-17-33)54-50(53(48)58)38-21-6-11-26-43(38)59(54)35-30-46-51-47(31-35)61-45-28-13-8-23-40(45)55(51)39-22-7-12-27-44(39)60-46/h1-5,7-20,22-31H,6,21H2. The average molecular weight is 786 g/mol. The number of rotatable bonds is 3. The van der Waals surface area contributed by atoms with Gasteiger partial charge in [0.2, 0.25) is 0 Å². The zero-order valence-corrected chi connectivity index (χ0v) is 32.8. The summed E-state index contributed by atoms with van der Waals surface area (Å²) in [5.41, 5.74) is 13.9. The van der Waals surface area contributed by atoms with E-state index in [1.807, 2.05) is 24.3 Å². The average Bonchev–Trinajstić information content (AvgIpc) is 3.95. The lowest BCUT2D eigenvalue weighted by molar-refractivity contribution is 0.464. The van der Waals surface area contributed by atoms with Crippen molar-refractivity contribution in [2.75, 3.05) is 0 Å². The SMILES string of the molecule is Fc1cccc(-n2c3ccccc3c3c2c2c4c(n(-c5cc6c7c(c5)Oc5ccccc5B7c5ccccc5O6)c2c2c5ccccc5n(-c5ccccc5)c23)C=CCC4)c1. The molecule has 2 aliphatic heterocycles. The fourth-order valence-electron chi connectivity index (χ4n) is 10.9. The van der Waals surface area contributed by atoms with Crippen LogP contribution in [0.2, 0.25) is 0 Å². The molecule has 0 atom stereocenters. The normalized spacial score (nSPS) is 13.7. The maximum Gasteiger partial charge on any atom is 0.260 e. The minimum Gasteiger partial charge on any atom is -0.458 e. The van der Waals surface area contributed by atoms with Crippen molar-refractivity contribution in [3.63, 3.8) is 0 Å². The molecular weight excluding hydrogens is 752 g/mol. The molecule has 11 aromatic rings. The van der Waals surface area contributed by atoms with Crippen molar-refractivity contribution >= 4 is 83.7 Å². The highest BCUT2D eigenvalue weighted by molar-refractivity contribution is 6.98. The first-order valence-electron chi connectivity index (χ1n) is 21.0. The molecule has 0 saturated carbocycles. The molecule has 5 heterocycles. The van der Waals surface area contributed by atoms with E-state index in [2.05, 4.69) is 153 Å². The first kappa shape index (κ1) is 33.1. The summed E-state index contributed by atoms with van der Waals surface area (Å²) < 4.78 is 36.4. The van der Waals surface area contributed by atoms with Gasteiger partial charge in [0.25, 0.3) is 6.71 Å². The second kappa shape index (κ2) is 12.1. The minimum absolute atomic E-state index is 0.0266. The first-order chi connectivity index (χ1) is 30.2. The molecule has 61 heavy (non-hydrogen) atoms. The van der Waals surface area contributed by atoms with Gasteiger partial charge in [-0.25, -0.2) is 4.39 Å². The number of para-hydroxylation sites is 5. The van der Waals surface area contributed by atoms with Crippen LogP contribution in [0, 0.1) is 5.82 Å². The second-order valence-electron chi connectivity index (χ2n) is 16.4. The van der Waals surface area contributed by atoms with Gasteiger partial charge in [0.05, 0.1) is 33.3 Å². The van der Waals surface area contributed by atoms with Gasteiger partial charge < -0.3 is 23.2 Å². The molecule has 8 aromatic carbocycles. The Bertz CT molecular complexity index is 3670. The monoisotopic (exact) mass is 785 g/mol. The number of aryl methyl sites for hydroxylation is 1. The Labute approximate surface area is 349 Å². The van der Waals surface area contributed by atoms with Crippen LogP contribution in [0.4, 0.5) is 4.39 Å². The molecule has 0 fully saturated rings. The van der Waals surface area contributed by atoms with E-state index in [1.54, 1.807) is 6.07 Å². The molecule has 0 saturated heterocycles. The van der Waals surface area contributed by atoms with Crippen LogP contribution in [0.3, 0.4) is 0 Å². The maximum absolute atomic E-state index is 15.4. The Morgan fingerprint density at radius 3 is 1.70 bits per heavy atom. The number of halogens is 1. The van der Waals surface area contributed by atoms with E-state index in [4.69, 9.17) is 9.47 Å². The number of fused-ring (bicyclic) bond motifs is 16. The van der Waals surface area contributed by atoms with Crippen LogP contribution >= 0.6 is 0 Å². The Morgan fingerprint density at radius 2 is 1.03 bits per heavy atom. The van der Waals surface area contributed by atoms with Crippen molar-refractivity contribution in [2.45, 2.75) is 12.8 Å². The predicted octanol–water partition coefficient (Wildman–Crippen LogP) is 11.7. The third-order valence-corrected chi connectivity index (χ3v) is 13.2. The van der Waals surface area contributed by atoms with E-state index in [9.17, 15) is 0 Å². The molecule has 0 amide bonds. The third kappa shape index (κ3) is 4.39. The third-order valence-electron chi connectivity index (χ3n) is 13.2. The highest BCUT2D eigenvalue weighted by atomic mass is 19.1. The number of allylic oxidation sites excluding steroid dienone is 1. The van der Waals surface area contributed by atoms with E-state index in [-0.39, 0.29) is 12.5 Å². The topological polar surface area (TPSA) is 33.2 Å². The summed E-state index contributed by atoms with van der Waals surface area (Å²) >= 11 is 0. The number of ether oxygens (including phenoxy) is 2. The summed E-state index contributed by atoms with van der Waals surface area (Å²) in [6.07, 6.45) is 6.35. The van der Waals surface area contributed by atoms with Gasteiger partial charge in [0.1, 0.15) is 28.8 Å². The van der Waals surface area contributed by atoms with E-state index in [1.165, 1.54) is 17.0 Å². The Balaban J connectivity index is 1.21. The summed E-state index contributed by atoms with van der Waals surface area (Å²) in [5.74, 6) is 3.02. The van der Waals surface area contributed by atoms with Gasteiger partial charge in [-0.05, 0) is 90.0 Å². The highest BCUT2D eigenvalue weighted by Gasteiger charge is 2.41. The molecule has 14 rings (SSSR count). The van der Waals surface area contributed by atoms with Gasteiger partial charge in [-0.1, -0.05) is 103 Å². The van der Waals surface area contributed by atoms with E-state index < -0.39 is 0 Å². The molecule has 3 aromatic heterocycles. The summed E-state index contributed by atoms with van der Waals surface area (Å²) in [7, 11) is 0. The van der Waals surface area contributed by atoms with Gasteiger partial charge in [0.15, 0.2) is 0 Å². The fraction of sp³-hybridized carbons (Fsp3) is 0.0370. The van der Waals surface area contributed by atoms with Gasteiger partial charge in [-0.3, -0.25) is 0 Å². The molecule has 5 nitrogen and oxygen atoms in total.